The first kappa shape index (κ1) is 28.1. The summed E-state index contributed by atoms with van der Waals surface area (Å²) in [6.07, 6.45) is 3.23. The van der Waals surface area contributed by atoms with Gasteiger partial charge in [-0.1, -0.05) is 79.3 Å². The highest BCUT2D eigenvalue weighted by atomic mass is 32.1. The molecule has 8 heteroatoms. The third-order valence-electron chi connectivity index (χ3n) is 6.73. The van der Waals surface area contributed by atoms with Gasteiger partial charge in [0.2, 0.25) is 0 Å². The number of ether oxygens (including phenoxy) is 3. The average molecular weight is 569 g/mol. The van der Waals surface area contributed by atoms with Crippen LogP contribution in [0.1, 0.15) is 49.4 Å². The van der Waals surface area contributed by atoms with Gasteiger partial charge in [0, 0.05) is 0 Å². The summed E-state index contributed by atoms with van der Waals surface area (Å²) >= 11 is 1.31. The predicted molar refractivity (Wildman–Crippen MR) is 160 cm³/mol. The Morgan fingerprint density at radius 1 is 1.00 bits per heavy atom. The number of esters is 1. The molecule has 0 bridgehead atoms. The number of carbonyl (C=O) groups is 1. The van der Waals surface area contributed by atoms with Crippen LogP contribution in [0.25, 0.3) is 6.08 Å². The Morgan fingerprint density at radius 2 is 1.78 bits per heavy atom. The first-order valence-corrected chi connectivity index (χ1v) is 14.5. The molecule has 7 nitrogen and oxygen atoms in total. The molecule has 0 aliphatic carbocycles. The van der Waals surface area contributed by atoms with Gasteiger partial charge < -0.3 is 14.2 Å². The van der Waals surface area contributed by atoms with Gasteiger partial charge in [0.05, 0.1) is 35.6 Å². The third kappa shape index (κ3) is 6.18. The lowest BCUT2D eigenvalue weighted by Crippen LogP contribution is -2.40. The van der Waals surface area contributed by atoms with Crippen molar-refractivity contribution < 1.29 is 19.0 Å². The molecule has 5 rings (SSSR count). The summed E-state index contributed by atoms with van der Waals surface area (Å²) in [6, 6.07) is 24.4. The maximum absolute atomic E-state index is 13.9. The first-order chi connectivity index (χ1) is 20.0. The van der Waals surface area contributed by atoms with E-state index in [0.29, 0.717) is 39.4 Å². The van der Waals surface area contributed by atoms with Crippen LogP contribution in [-0.2, 0) is 16.1 Å². The van der Waals surface area contributed by atoms with Crippen LogP contribution in [0.2, 0.25) is 0 Å². The van der Waals surface area contributed by atoms with Gasteiger partial charge in [0.1, 0.15) is 18.1 Å². The summed E-state index contributed by atoms with van der Waals surface area (Å²) in [4.78, 5) is 32.6. The second-order valence-corrected chi connectivity index (χ2v) is 10.5. The number of hydrogen-bond acceptors (Lipinski definition) is 7. The number of allylic oxidation sites excluding steroid dienone is 1. The average Bonchev–Trinajstić information content (AvgIpc) is 3.31. The molecule has 3 aromatic carbocycles. The first-order valence-electron chi connectivity index (χ1n) is 13.6. The molecule has 210 valence electrons. The van der Waals surface area contributed by atoms with Crippen LogP contribution in [0.3, 0.4) is 0 Å². The Balaban J connectivity index is 1.56. The minimum atomic E-state index is -0.683. The summed E-state index contributed by atoms with van der Waals surface area (Å²) in [6.45, 7) is 4.51. The van der Waals surface area contributed by atoms with Gasteiger partial charge >= 0.3 is 5.97 Å². The third-order valence-corrected chi connectivity index (χ3v) is 7.71. The summed E-state index contributed by atoms with van der Waals surface area (Å²) in [5.74, 6) is 0.915. The fraction of sp³-hybridized carbons (Fsp3) is 0.242. The number of aromatic nitrogens is 1. The molecular weight excluding hydrogens is 536 g/mol. The van der Waals surface area contributed by atoms with E-state index in [2.05, 4.69) is 0 Å². The second-order valence-electron chi connectivity index (χ2n) is 9.53. The molecule has 41 heavy (non-hydrogen) atoms. The van der Waals surface area contributed by atoms with Gasteiger partial charge in [-0.3, -0.25) is 9.36 Å². The number of benzene rings is 3. The van der Waals surface area contributed by atoms with E-state index >= 15 is 0 Å². The second kappa shape index (κ2) is 12.8. The normalized spacial score (nSPS) is 14.8. The van der Waals surface area contributed by atoms with E-state index in [0.717, 1.165) is 28.9 Å². The quantitative estimate of drug-likeness (QED) is 0.247. The summed E-state index contributed by atoms with van der Waals surface area (Å²) in [5.41, 5.74) is 3.52. The lowest BCUT2D eigenvalue weighted by atomic mass is 9.94. The fourth-order valence-electron chi connectivity index (χ4n) is 4.80. The van der Waals surface area contributed by atoms with Crippen LogP contribution in [-0.4, -0.2) is 24.3 Å². The zero-order chi connectivity index (χ0) is 28.8. The summed E-state index contributed by atoms with van der Waals surface area (Å²) < 4.78 is 19.0. The van der Waals surface area contributed by atoms with Crippen molar-refractivity contribution >= 4 is 23.4 Å². The van der Waals surface area contributed by atoms with E-state index in [-0.39, 0.29) is 12.2 Å². The van der Waals surface area contributed by atoms with Crippen LogP contribution in [0.5, 0.6) is 11.5 Å². The van der Waals surface area contributed by atoms with Crippen molar-refractivity contribution in [2.24, 2.45) is 4.99 Å². The number of carbonyl (C=O) groups excluding carboxylic acids is 1. The summed E-state index contributed by atoms with van der Waals surface area (Å²) in [7, 11) is 1.59. The van der Waals surface area contributed by atoms with Gasteiger partial charge in [0.25, 0.3) is 5.56 Å². The predicted octanol–water partition coefficient (Wildman–Crippen LogP) is 5.17. The fourth-order valence-corrected chi connectivity index (χ4v) is 5.82. The van der Waals surface area contributed by atoms with Crippen molar-refractivity contribution in [1.29, 1.82) is 0 Å². The Labute approximate surface area is 242 Å². The Bertz CT molecular complexity index is 1740. The van der Waals surface area contributed by atoms with Crippen LogP contribution in [0.4, 0.5) is 0 Å². The van der Waals surface area contributed by atoms with E-state index in [4.69, 9.17) is 19.2 Å². The molecule has 0 amide bonds. The van der Waals surface area contributed by atoms with Crippen molar-refractivity contribution in [2.75, 3.05) is 13.7 Å². The van der Waals surface area contributed by atoms with Gasteiger partial charge in [0.15, 0.2) is 4.80 Å². The van der Waals surface area contributed by atoms with Crippen molar-refractivity contribution in [2.45, 2.75) is 39.3 Å². The molecule has 0 saturated heterocycles. The van der Waals surface area contributed by atoms with E-state index < -0.39 is 12.0 Å². The molecule has 1 unspecified atom stereocenters. The maximum Gasteiger partial charge on any atom is 0.338 e. The number of fused-ring (bicyclic) bond motifs is 1. The van der Waals surface area contributed by atoms with Crippen molar-refractivity contribution in [1.82, 2.24) is 4.57 Å². The highest BCUT2D eigenvalue weighted by molar-refractivity contribution is 7.07. The van der Waals surface area contributed by atoms with Crippen molar-refractivity contribution in [3.63, 3.8) is 0 Å². The minimum absolute atomic E-state index is 0.219. The molecule has 0 fully saturated rings. The molecule has 0 radical (unpaired) electrons. The molecule has 4 aromatic rings. The van der Waals surface area contributed by atoms with Gasteiger partial charge in [-0.25, -0.2) is 9.79 Å². The van der Waals surface area contributed by atoms with Gasteiger partial charge in [-0.2, -0.15) is 0 Å². The number of thiazole rings is 1. The highest BCUT2D eigenvalue weighted by Gasteiger charge is 2.34. The van der Waals surface area contributed by atoms with Gasteiger partial charge in [-0.05, 0) is 60.4 Å². The maximum atomic E-state index is 13.9. The van der Waals surface area contributed by atoms with Crippen LogP contribution in [0.15, 0.2) is 99.9 Å². The molecular formula is C33H32N2O5S. The SMILES string of the molecule is CCCC1=C(C(=O)OCC)C(c2cccc(OC)c2)n2c(s/c(=C\c3ccc(OCc4ccccc4)cc3)c2=O)=N1. The molecule has 2 heterocycles. The molecule has 0 N–H and O–H groups in total. The van der Waals surface area contributed by atoms with Crippen LogP contribution < -0.4 is 24.4 Å². The molecule has 1 aliphatic heterocycles. The monoisotopic (exact) mass is 568 g/mol. The van der Waals surface area contributed by atoms with Crippen LogP contribution >= 0.6 is 11.3 Å². The van der Waals surface area contributed by atoms with E-state index in [1.54, 1.807) is 18.6 Å². The largest absolute Gasteiger partial charge is 0.497 e. The molecule has 0 spiro atoms. The van der Waals surface area contributed by atoms with E-state index in [9.17, 15) is 9.59 Å². The Kier molecular flexibility index (Phi) is 8.79. The number of methoxy groups -OCH3 is 1. The zero-order valence-electron chi connectivity index (χ0n) is 23.3. The molecule has 1 aliphatic rings. The smallest absolute Gasteiger partial charge is 0.338 e. The standard InChI is InChI=1S/C33H32N2O5S/c1-4-10-27-29(32(37)39-5-2)30(24-13-9-14-26(20-24)38-3)35-31(36)28(41-33(35)34-27)19-22-15-17-25(18-16-22)40-21-23-11-7-6-8-12-23/h6-9,11-20,30H,4-5,10,21H2,1-3H3/b28-19-. The number of rotatable bonds is 10. The molecule has 1 atom stereocenters. The zero-order valence-corrected chi connectivity index (χ0v) is 24.1. The van der Waals surface area contributed by atoms with Crippen molar-refractivity contribution in [3.8, 4) is 11.5 Å². The van der Waals surface area contributed by atoms with Crippen LogP contribution in [0, 0.1) is 0 Å². The minimum Gasteiger partial charge on any atom is -0.497 e. The van der Waals surface area contributed by atoms with Gasteiger partial charge in [-0.15, -0.1) is 0 Å². The van der Waals surface area contributed by atoms with E-state index in [1.807, 2.05) is 91.9 Å². The molecule has 1 aromatic heterocycles. The summed E-state index contributed by atoms with van der Waals surface area (Å²) in [5, 5.41) is 0. The lowest BCUT2D eigenvalue weighted by molar-refractivity contribution is -0.139. The van der Waals surface area contributed by atoms with Crippen molar-refractivity contribution in [3.05, 3.63) is 127 Å². The highest BCUT2D eigenvalue weighted by Crippen LogP contribution is 2.33. The lowest BCUT2D eigenvalue weighted by Gasteiger charge is -2.26. The number of hydrogen-bond donors (Lipinski definition) is 0. The van der Waals surface area contributed by atoms with E-state index in [1.165, 1.54) is 11.3 Å². The number of nitrogens with zero attached hydrogens (tertiary/aromatic N) is 2. The Hall–Kier alpha value is -4.43. The molecule has 0 saturated carbocycles. The Morgan fingerprint density at radius 3 is 2.49 bits per heavy atom. The topological polar surface area (TPSA) is 79.1 Å².